The standard InChI is InChI=1S/C25H22N4O4/c1-4-23(30)26-21-8-6-5-7-20(21)25(31)27-24-19-10-9-15(13-22(19)28-29-24)16-11-17(32-2)14-18(12-16)33-3/h4-14H,1H2,2-3H3,(H,26,30)(H2,27,28,29,31). The van der Waals surface area contributed by atoms with Gasteiger partial charge >= 0.3 is 0 Å². The molecule has 33 heavy (non-hydrogen) atoms. The van der Waals surface area contributed by atoms with Crippen LogP contribution >= 0.6 is 0 Å². The van der Waals surface area contributed by atoms with Crippen LogP contribution in [0, 0.1) is 0 Å². The molecule has 0 aliphatic carbocycles. The minimum absolute atomic E-state index is 0.309. The van der Waals surface area contributed by atoms with Crippen molar-refractivity contribution in [1.82, 2.24) is 10.2 Å². The molecule has 1 aromatic heterocycles. The number of aromatic amines is 1. The molecule has 0 saturated carbocycles. The third kappa shape index (κ3) is 4.54. The van der Waals surface area contributed by atoms with Crippen LogP contribution in [-0.4, -0.2) is 36.2 Å². The van der Waals surface area contributed by atoms with Gasteiger partial charge in [0, 0.05) is 11.5 Å². The molecule has 0 aliphatic rings. The summed E-state index contributed by atoms with van der Waals surface area (Å²) in [7, 11) is 3.21. The number of hydrogen-bond acceptors (Lipinski definition) is 5. The van der Waals surface area contributed by atoms with E-state index in [1.807, 2.05) is 30.3 Å². The first-order valence-corrected chi connectivity index (χ1v) is 10.1. The van der Waals surface area contributed by atoms with Crippen LogP contribution in [0.25, 0.3) is 22.0 Å². The van der Waals surface area contributed by atoms with Gasteiger partial charge in [0.25, 0.3) is 5.91 Å². The second kappa shape index (κ2) is 9.27. The first kappa shape index (κ1) is 21.6. The van der Waals surface area contributed by atoms with Crippen molar-refractivity contribution >= 4 is 34.2 Å². The lowest BCUT2D eigenvalue weighted by Gasteiger charge is -2.10. The van der Waals surface area contributed by atoms with Crippen molar-refractivity contribution in [3.8, 4) is 22.6 Å². The maximum atomic E-state index is 12.9. The number of carbonyl (C=O) groups excluding carboxylic acids is 2. The summed E-state index contributed by atoms with van der Waals surface area (Å²) in [6.07, 6.45) is 1.14. The van der Waals surface area contributed by atoms with Gasteiger partial charge in [-0.1, -0.05) is 24.8 Å². The Morgan fingerprint density at radius 2 is 1.67 bits per heavy atom. The van der Waals surface area contributed by atoms with Crippen molar-refractivity contribution in [1.29, 1.82) is 0 Å². The van der Waals surface area contributed by atoms with Gasteiger partial charge in [0.2, 0.25) is 5.91 Å². The first-order valence-electron chi connectivity index (χ1n) is 10.1. The monoisotopic (exact) mass is 442 g/mol. The number of amides is 2. The van der Waals surface area contributed by atoms with E-state index < -0.39 is 11.8 Å². The van der Waals surface area contributed by atoms with E-state index in [0.717, 1.165) is 28.1 Å². The molecule has 0 radical (unpaired) electrons. The number of nitrogens with one attached hydrogen (secondary N) is 3. The van der Waals surface area contributed by atoms with Crippen LogP contribution in [0.15, 0.2) is 73.3 Å². The largest absolute Gasteiger partial charge is 0.497 e. The molecule has 3 aromatic carbocycles. The minimum atomic E-state index is -0.401. The second-order valence-electron chi connectivity index (χ2n) is 7.13. The zero-order valence-electron chi connectivity index (χ0n) is 18.1. The smallest absolute Gasteiger partial charge is 0.258 e. The quantitative estimate of drug-likeness (QED) is 0.362. The van der Waals surface area contributed by atoms with Crippen LogP contribution in [0.3, 0.4) is 0 Å². The van der Waals surface area contributed by atoms with E-state index in [9.17, 15) is 9.59 Å². The van der Waals surface area contributed by atoms with Crippen molar-refractivity contribution in [3.63, 3.8) is 0 Å². The van der Waals surface area contributed by atoms with E-state index in [0.29, 0.717) is 28.6 Å². The summed E-state index contributed by atoms with van der Waals surface area (Å²) in [6, 6.07) is 18.1. The van der Waals surface area contributed by atoms with Crippen LogP contribution in [0.5, 0.6) is 11.5 Å². The van der Waals surface area contributed by atoms with Crippen molar-refractivity contribution in [3.05, 3.63) is 78.9 Å². The van der Waals surface area contributed by atoms with Crippen molar-refractivity contribution < 1.29 is 19.1 Å². The molecule has 0 fully saturated rings. The van der Waals surface area contributed by atoms with Gasteiger partial charge in [-0.25, -0.2) is 0 Å². The highest BCUT2D eigenvalue weighted by molar-refractivity contribution is 6.13. The van der Waals surface area contributed by atoms with Crippen LogP contribution in [-0.2, 0) is 4.79 Å². The summed E-state index contributed by atoms with van der Waals surface area (Å²) in [5.41, 5.74) is 3.29. The van der Waals surface area contributed by atoms with Gasteiger partial charge in [-0.15, -0.1) is 0 Å². The normalized spacial score (nSPS) is 10.5. The lowest BCUT2D eigenvalue weighted by atomic mass is 10.0. The third-order valence-electron chi connectivity index (χ3n) is 5.09. The Morgan fingerprint density at radius 1 is 0.939 bits per heavy atom. The van der Waals surface area contributed by atoms with Crippen LogP contribution in [0.4, 0.5) is 11.5 Å². The fourth-order valence-electron chi connectivity index (χ4n) is 3.42. The average Bonchev–Trinajstić information content (AvgIpc) is 3.25. The van der Waals surface area contributed by atoms with E-state index in [-0.39, 0.29) is 0 Å². The molecule has 8 heteroatoms. The topological polar surface area (TPSA) is 105 Å². The molecule has 0 unspecified atom stereocenters. The number of hydrogen-bond donors (Lipinski definition) is 3. The lowest BCUT2D eigenvalue weighted by Crippen LogP contribution is -2.17. The van der Waals surface area contributed by atoms with Crippen molar-refractivity contribution in [2.45, 2.75) is 0 Å². The van der Waals surface area contributed by atoms with Gasteiger partial charge in [-0.3, -0.25) is 14.7 Å². The van der Waals surface area contributed by atoms with E-state index in [1.54, 1.807) is 44.6 Å². The Kier molecular flexibility index (Phi) is 6.08. The van der Waals surface area contributed by atoms with Crippen LogP contribution in [0.1, 0.15) is 10.4 Å². The summed E-state index contributed by atoms with van der Waals surface area (Å²) in [5.74, 6) is 0.954. The van der Waals surface area contributed by atoms with E-state index in [1.165, 1.54) is 0 Å². The second-order valence-corrected chi connectivity index (χ2v) is 7.13. The number of benzene rings is 3. The van der Waals surface area contributed by atoms with Crippen molar-refractivity contribution in [2.75, 3.05) is 24.9 Å². The predicted molar refractivity (Wildman–Crippen MR) is 128 cm³/mol. The zero-order valence-corrected chi connectivity index (χ0v) is 18.1. The lowest BCUT2D eigenvalue weighted by molar-refractivity contribution is -0.111. The third-order valence-corrected chi connectivity index (χ3v) is 5.09. The van der Waals surface area contributed by atoms with E-state index in [2.05, 4.69) is 27.4 Å². The number of H-pyrrole nitrogens is 1. The Hall–Kier alpha value is -4.59. The SMILES string of the molecule is C=CC(=O)Nc1ccccc1C(=O)Nc1n[nH]c2cc(-c3cc(OC)cc(OC)c3)ccc12. The summed E-state index contributed by atoms with van der Waals surface area (Å²) in [4.78, 5) is 24.6. The van der Waals surface area contributed by atoms with E-state index in [4.69, 9.17) is 9.47 Å². The van der Waals surface area contributed by atoms with Crippen LogP contribution < -0.4 is 20.1 Å². The number of carbonyl (C=O) groups is 2. The molecule has 0 spiro atoms. The summed E-state index contributed by atoms with van der Waals surface area (Å²) in [6.45, 7) is 3.43. The van der Waals surface area contributed by atoms with Gasteiger partial charge in [-0.2, -0.15) is 5.10 Å². The average molecular weight is 442 g/mol. The maximum Gasteiger partial charge on any atom is 0.258 e. The molecule has 0 bridgehead atoms. The molecule has 8 nitrogen and oxygen atoms in total. The van der Waals surface area contributed by atoms with Crippen molar-refractivity contribution in [2.24, 2.45) is 0 Å². The molecule has 166 valence electrons. The Bertz CT molecular complexity index is 1340. The number of para-hydroxylation sites is 1. The molecular weight excluding hydrogens is 420 g/mol. The van der Waals surface area contributed by atoms with Gasteiger partial charge in [0.15, 0.2) is 5.82 Å². The number of ether oxygens (including phenoxy) is 2. The highest BCUT2D eigenvalue weighted by Gasteiger charge is 2.16. The molecule has 0 aliphatic heterocycles. The minimum Gasteiger partial charge on any atom is -0.497 e. The van der Waals surface area contributed by atoms with Gasteiger partial charge in [-0.05, 0) is 53.6 Å². The summed E-state index contributed by atoms with van der Waals surface area (Å²) < 4.78 is 10.7. The molecule has 1 heterocycles. The molecule has 4 rings (SSSR count). The number of methoxy groups -OCH3 is 2. The molecular formula is C25H22N4O4. The number of rotatable bonds is 7. The molecule has 0 saturated heterocycles. The zero-order chi connectivity index (χ0) is 23.4. The maximum absolute atomic E-state index is 12.9. The molecule has 2 amide bonds. The molecule has 4 aromatic rings. The highest BCUT2D eigenvalue weighted by Crippen LogP contribution is 2.32. The van der Waals surface area contributed by atoms with Crippen LogP contribution in [0.2, 0.25) is 0 Å². The summed E-state index contributed by atoms with van der Waals surface area (Å²) in [5, 5.41) is 13.4. The fourth-order valence-corrected chi connectivity index (χ4v) is 3.42. The number of aromatic nitrogens is 2. The molecule has 0 atom stereocenters. The Labute approximate surface area is 190 Å². The first-order chi connectivity index (χ1) is 16.0. The molecule has 3 N–H and O–H groups in total. The number of nitrogens with zero attached hydrogens (tertiary/aromatic N) is 1. The highest BCUT2D eigenvalue weighted by atomic mass is 16.5. The van der Waals surface area contributed by atoms with Gasteiger partial charge < -0.3 is 20.1 Å². The van der Waals surface area contributed by atoms with Gasteiger partial charge in [0.05, 0.1) is 31.0 Å². The number of fused-ring (bicyclic) bond motifs is 1. The number of anilines is 2. The fraction of sp³-hybridized carbons (Fsp3) is 0.0800. The summed E-state index contributed by atoms with van der Waals surface area (Å²) >= 11 is 0. The predicted octanol–water partition coefficient (Wildman–Crippen LogP) is 4.62. The van der Waals surface area contributed by atoms with E-state index >= 15 is 0 Å². The Morgan fingerprint density at radius 3 is 2.36 bits per heavy atom. The van der Waals surface area contributed by atoms with Gasteiger partial charge in [0.1, 0.15) is 11.5 Å². The Balaban J connectivity index is 1.62.